The van der Waals surface area contributed by atoms with Gasteiger partial charge in [0.15, 0.2) is 0 Å². The summed E-state index contributed by atoms with van der Waals surface area (Å²) in [5, 5.41) is 13.0. The largest absolute Gasteiger partial charge is 0.393 e. The summed E-state index contributed by atoms with van der Waals surface area (Å²) < 4.78 is 1.00. The summed E-state index contributed by atoms with van der Waals surface area (Å²) in [5.74, 6) is 1.54. The molecular formula is C13H19BrN2O. The van der Waals surface area contributed by atoms with Crippen LogP contribution in [0, 0.1) is 5.92 Å². The molecule has 0 amide bonds. The van der Waals surface area contributed by atoms with E-state index in [0.717, 1.165) is 36.0 Å². The standard InChI is InChI=1S/C13H19BrN2O/c1-9(10-4-6-11(17)7-5-10)16-13-12(14)3-2-8-15-13/h2-3,8-11,17H,4-7H2,1H3,(H,15,16)/t9-,10?,11?/m1/s1. The highest BCUT2D eigenvalue weighted by Gasteiger charge is 2.24. The maximum absolute atomic E-state index is 9.50. The van der Waals surface area contributed by atoms with E-state index in [1.54, 1.807) is 6.20 Å². The molecular weight excluding hydrogens is 280 g/mol. The quantitative estimate of drug-likeness (QED) is 0.901. The highest BCUT2D eigenvalue weighted by atomic mass is 79.9. The van der Waals surface area contributed by atoms with E-state index in [1.807, 2.05) is 12.1 Å². The minimum atomic E-state index is -0.0833. The van der Waals surface area contributed by atoms with Crippen LogP contribution in [0.4, 0.5) is 5.82 Å². The Bertz CT molecular complexity index is 364. The summed E-state index contributed by atoms with van der Waals surface area (Å²) >= 11 is 3.49. The van der Waals surface area contributed by atoms with Crippen molar-refractivity contribution in [3.8, 4) is 0 Å². The average molecular weight is 299 g/mol. The van der Waals surface area contributed by atoms with Crippen LogP contribution < -0.4 is 5.32 Å². The first kappa shape index (κ1) is 12.8. The number of hydrogen-bond acceptors (Lipinski definition) is 3. The fraction of sp³-hybridized carbons (Fsp3) is 0.615. The van der Waals surface area contributed by atoms with Crippen LogP contribution in [0.25, 0.3) is 0 Å². The molecule has 2 N–H and O–H groups in total. The fourth-order valence-electron chi connectivity index (χ4n) is 2.43. The van der Waals surface area contributed by atoms with Gasteiger partial charge in [0.2, 0.25) is 0 Å². The van der Waals surface area contributed by atoms with Crippen LogP contribution >= 0.6 is 15.9 Å². The number of pyridine rings is 1. The molecule has 1 aliphatic carbocycles. The lowest BCUT2D eigenvalue weighted by Gasteiger charge is -2.31. The Kier molecular flexibility index (Phi) is 4.40. The number of aliphatic hydroxyl groups is 1. The molecule has 2 rings (SSSR count). The lowest BCUT2D eigenvalue weighted by atomic mass is 9.83. The number of anilines is 1. The monoisotopic (exact) mass is 298 g/mol. The van der Waals surface area contributed by atoms with Crippen LogP contribution in [-0.2, 0) is 0 Å². The van der Waals surface area contributed by atoms with Crippen molar-refractivity contribution in [1.82, 2.24) is 4.98 Å². The third-order valence-electron chi connectivity index (χ3n) is 3.57. The molecule has 1 aliphatic rings. The topological polar surface area (TPSA) is 45.2 Å². The molecule has 0 saturated heterocycles. The molecule has 0 aromatic carbocycles. The van der Waals surface area contributed by atoms with E-state index in [0.29, 0.717) is 12.0 Å². The maximum atomic E-state index is 9.50. The van der Waals surface area contributed by atoms with E-state index in [-0.39, 0.29) is 6.10 Å². The Labute approximate surface area is 111 Å². The van der Waals surface area contributed by atoms with Crippen LogP contribution in [0.3, 0.4) is 0 Å². The van der Waals surface area contributed by atoms with Gasteiger partial charge in [0.25, 0.3) is 0 Å². The lowest BCUT2D eigenvalue weighted by molar-refractivity contribution is 0.105. The van der Waals surface area contributed by atoms with Gasteiger partial charge in [-0.2, -0.15) is 0 Å². The number of halogens is 1. The van der Waals surface area contributed by atoms with Crippen molar-refractivity contribution in [2.24, 2.45) is 5.92 Å². The Balaban J connectivity index is 1.93. The molecule has 0 spiro atoms. The number of hydrogen-bond donors (Lipinski definition) is 2. The predicted octanol–water partition coefficient (Wildman–Crippen LogP) is 3.20. The van der Waals surface area contributed by atoms with Crippen LogP contribution in [0.2, 0.25) is 0 Å². The van der Waals surface area contributed by atoms with E-state index in [4.69, 9.17) is 0 Å². The zero-order chi connectivity index (χ0) is 12.3. The van der Waals surface area contributed by atoms with Crippen molar-refractivity contribution >= 4 is 21.7 Å². The van der Waals surface area contributed by atoms with E-state index in [9.17, 15) is 5.11 Å². The third kappa shape index (κ3) is 3.42. The van der Waals surface area contributed by atoms with Gasteiger partial charge in [-0.1, -0.05) is 0 Å². The highest BCUT2D eigenvalue weighted by Crippen LogP contribution is 2.29. The number of rotatable bonds is 3. The number of aromatic nitrogens is 1. The van der Waals surface area contributed by atoms with Crippen LogP contribution in [-0.4, -0.2) is 22.2 Å². The zero-order valence-electron chi connectivity index (χ0n) is 10.1. The van der Waals surface area contributed by atoms with E-state index in [2.05, 4.69) is 33.2 Å². The van der Waals surface area contributed by atoms with Gasteiger partial charge in [0.1, 0.15) is 5.82 Å². The van der Waals surface area contributed by atoms with Gasteiger partial charge < -0.3 is 10.4 Å². The van der Waals surface area contributed by atoms with Gasteiger partial charge in [-0.05, 0) is 66.6 Å². The van der Waals surface area contributed by atoms with Crippen molar-refractivity contribution < 1.29 is 5.11 Å². The first-order valence-electron chi connectivity index (χ1n) is 6.22. The molecule has 1 fully saturated rings. The Hall–Kier alpha value is -0.610. The van der Waals surface area contributed by atoms with Gasteiger partial charge in [0.05, 0.1) is 10.6 Å². The van der Waals surface area contributed by atoms with E-state index >= 15 is 0 Å². The summed E-state index contributed by atoms with van der Waals surface area (Å²) in [6.45, 7) is 2.20. The van der Waals surface area contributed by atoms with E-state index < -0.39 is 0 Å². The van der Waals surface area contributed by atoms with Crippen molar-refractivity contribution in [3.05, 3.63) is 22.8 Å². The smallest absolute Gasteiger partial charge is 0.140 e. The van der Waals surface area contributed by atoms with E-state index in [1.165, 1.54) is 0 Å². The van der Waals surface area contributed by atoms with Crippen LogP contribution in [0.15, 0.2) is 22.8 Å². The minimum absolute atomic E-state index is 0.0833. The van der Waals surface area contributed by atoms with Crippen LogP contribution in [0.5, 0.6) is 0 Å². The molecule has 0 aliphatic heterocycles. The van der Waals surface area contributed by atoms with Gasteiger partial charge in [-0.3, -0.25) is 0 Å². The van der Waals surface area contributed by atoms with Gasteiger partial charge in [-0.15, -0.1) is 0 Å². The molecule has 1 aromatic rings. The molecule has 0 unspecified atom stereocenters. The summed E-state index contributed by atoms with van der Waals surface area (Å²) in [7, 11) is 0. The lowest BCUT2D eigenvalue weighted by Crippen LogP contribution is -2.31. The summed E-state index contributed by atoms with van der Waals surface area (Å²) in [4.78, 5) is 4.32. The Morgan fingerprint density at radius 2 is 2.12 bits per heavy atom. The molecule has 1 aromatic heterocycles. The molecule has 0 radical (unpaired) electrons. The summed E-state index contributed by atoms with van der Waals surface area (Å²) in [6.07, 6.45) is 5.77. The predicted molar refractivity (Wildman–Crippen MR) is 73.0 cm³/mol. The van der Waals surface area contributed by atoms with Crippen molar-refractivity contribution in [2.75, 3.05) is 5.32 Å². The summed E-state index contributed by atoms with van der Waals surface area (Å²) in [6, 6.07) is 4.30. The normalized spacial score (nSPS) is 26.5. The Morgan fingerprint density at radius 3 is 2.76 bits per heavy atom. The molecule has 0 bridgehead atoms. The SMILES string of the molecule is C[C@@H](Nc1ncccc1Br)C1CCC(O)CC1. The highest BCUT2D eigenvalue weighted by molar-refractivity contribution is 9.10. The van der Waals surface area contributed by atoms with Crippen LogP contribution in [0.1, 0.15) is 32.6 Å². The molecule has 1 atom stereocenters. The molecule has 4 heteroatoms. The van der Waals surface area contributed by atoms with Crippen molar-refractivity contribution in [2.45, 2.75) is 44.8 Å². The third-order valence-corrected chi connectivity index (χ3v) is 4.21. The number of aliphatic hydroxyl groups excluding tert-OH is 1. The first-order valence-corrected chi connectivity index (χ1v) is 7.01. The fourth-order valence-corrected chi connectivity index (χ4v) is 2.80. The number of nitrogens with zero attached hydrogens (tertiary/aromatic N) is 1. The molecule has 1 saturated carbocycles. The minimum Gasteiger partial charge on any atom is -0.393 e. The number of nitrogens with one attached hydrogen (secondary N) is 1. The Morgan fingerprint density at radius 1 is 1.41 bits per heavy atom. The average Bonchev–Trinajstić information content (AvgIpc) is 2.33. The van der Waals surface area contributed by atoms with Crippen molar-refractivity contribution in [1.29, 1.82) is 0 Å². The summed E-state index contributed by atoms with van der Waals surface area (Å²) in [5.41, 5.74) is 0. The van der Waals surface area contributed by atoms with Gasteiger partial charge >= 0.3 is 0 Å². The first-order chi connectivity index (χ1) is 8.16. The second kappa shape index (κ2) is 5.83. The second-order valence-corrected chi connectivity index (χ2v) is 5.69. The molecule has 17 heavy (non-hydrogen) atoms. The molecule has 94 valence electrons. The molecule has 3 nitrogen and oxygen atoms in total. The zero-order valence-corrected chi connectivity index (χ0v) is 11.7. The van der Waals surface area contributed by atoms with Gasteiger partial charge in [-0.25, -0.2) is 4.98 Å². The van der Waals surface area contributed by atoms with Gasteiger partial charge in [0, 0.05) is 12.2 Å². The van der Waals surface area contributed by atoms with Crippen molar-refractivity contribution in [3.63, 3.8) is 0 Å². The maximum Gasteiger partial charge on any atom is 0.140 e. The second-order valence-electron chi connectivity index (χ2n) is 4.84. The molecule has 1 heterocycles.